The molecule has 0 spiro atoms. The fraction of sp³-hybridized carbons (Fsp3) is 0.529. The Hall–Kier alpha value is -2.11. The number of nitrogens with one attached hydrogen (secondary N) is 3. The second-order valence-electron chi connectivity index (χ2n) is 5.72. The van der Waals surface area contributed by atoms with Crippen molar-refractivity contribution in [3.05, 3.63) is 35.1 Å². The van der Waals surface area contributed by atoms with Gasteiger partial charge in [0.25, 0.3) is 0 Å². The molecule has 23 heavy (non-hydrogen) atoms. The van der Waals surface area contributed by atoms with Crippen molar-refractivity contribution in [2.45, 2.75) is 39.7 Å². The molecule has 0 heterocycles. The van der Waals surface area contributed by atoms with Crippen LogP contribution in [0.4, 0.5) is 4.39 Å². The lowest BCUT2D eigenvalue weighted by atomic mass is 10.1. The van der Waals surface area contributed by atoms with Crippen LogP contribution in [-0.4, -0.2) is 38.0 Å². The number of carbonyl (C=O) groups is 1. The second-order valence-corrected chi connectivity index (χ2v) is 5.72. The molecule has 128 valence electrons. The van der Waals surface area contributed by atoms with Gasteiger partial charge in [0.1, 0.15) is 5.82 Å². The van der Waals surface area contributed by atoms with Gasteiger partial charge in [-0.15, -0.1) is 0 Å². The molecule has 0 bridgehead atoms. The van der Waals surface area contributed by atoms with Crippen LogP contribution >= 0.6 is 0 Å². The maximum Gasteiger partial charge on any atom is 0.221 e. The molecule has 1 rings (SSSR count). The van der Waals surface area contributed by atoms with Crippen LogP contribution in [-0.2, 0) is 11.2 Å². The molecular formula is C17H27FN4O. The first kappa shape index (κ1) is 18.9. The van der Waals surface area contributed by atoms with Gasteiger partial charge in [0.2, 0.25) is 5.91 Å². The van der Waals surface area contributed by atoms with Gasteiger partial charge >= 0.3 is 0 Å². The summed E-state index contributed by atoms with van der Waals surface area (Å²) in [6.07, 6.45) is 1.18. The molecule has 0 aliphatic heterocycles. The van der Waals surface area contributed by atoms with E-state index in [2.05, 4.69) is 20.9 Å². The van der Waals surface area contributed by atoms with Gasteiger partial charge in [0.15, 0.2) is 5.96 Å². The zero-order valence-electron chi connectivity index (χ0n) is 14.4. The molecule has 0 radical (unpaired) electrons. The number of aliphatic imine (C=N–C) groups is 1. The minimum atomic E-state index is -0.212. The average Bonchev–Trinajstić information content (AvgIpc) is 2.47. The number of carbonyl (C=O) groups excluding carboxylic acids is 1. The Morgan fingerprint density at radius 3 is 2.57 bits per heavy atom. The first-order valence-electron chi connectivity index (χ1n) is 7.91. The second kappa shape index (κ2) is 9.82. The number of aryl methyl sites for hydroxylation is 1. The van der Waals surface area contributed by atoms with Gasteiger partial charge in [-0.2, -0.15) is 0 Å². The zero-order chi connectivity index (χ0) is 17.2. The lowest BCUT2D eigenvalue weighted by Gasteiger charge is -2.13. The van der Waals surface area contributed by atoms with Crippen molar-refractivity contribution in [2.75, 3.05) is 20.1 Å². The quantitative estimate of drug-likeness (QED) is 0.529. The van der Waals surface area contributed by atoms with E-state index in [-0.39, 0.29) is 17.8 Å². The van der Waals surface area contributed by atoms with Crippen LogP contribution in [0.1, 0.15) is 31.4 Å². The van der Waals surface area contributed by atoms with Gasteiger partial charge in [-0.05, 0) is 50.5 Å². The van der Waals surface area contributed by atoms with E-state index >= 15 is 0 Å². The summed E-state index contributed by atoms with van der Waals surface area (Å²) < 4.78 is 13.1. The number of guanidine groups is 1. The van der Waals surface area contributed by atoms with E-state index < -0.39 is 0 Å². The van der Waals surface area contributed by atoms with Gasteiger partial charge in [0, 0.05) is 32.6 Å². The number of amides is 1. The van der Waals surface area contributed by atoms with Gasteiger partial charge in [-0.25, -0.2) is 4.39 Å². The van der Waals surface area contributed by atoms with Crippen molar-refractivity contribution in [1.82, 2.24) is 16.0 Å². The molecule has 1 aromatic carbocycles. The Morgan fingerprint density at radius 2 is 1.96 bits per heavy atom. The fourth-order valence-electron chi connectivity index (χ4n) is 2.16. The van der Waals surface area contributed by atoms with Crippen LogP contribution in [0.25, 0.3) is 0 Å². The van der Waals surface area contributed by atoms with Crippen molar-refractivity contribution in [3.8, 4) is 0 Å². The molecule has 3 N–H and O–H groups in total. The minimum Gasteiger partial charge on any atom is -0.356 e. The highest BCUT2D eigenvalue weighted by Gasteiger charge is 2.04. The van der Waals surface area contributed by atoms with E-state index in [9.17, 15) is 9.18 Å². The number of hydrogen-bond donors (Lipinski definition) is 3. The largest absolute Gasteiger partial charge is 0.356 e. The van der Waals surface area contributed by atoms with Crippen molar-refractivity contribution < 1.29 is 9.18 Å². The van der Waals surface area contributed by atoms with Gasteiger partial charge < -0.3 is 16.0 Å². The number of rotatable bonds is 7. The SMILES string of the molecule is CN=C(NCCC(=O)NC(C)C)NCCc1ccc(F)cc1C. The normalized spacial score (nSPS) is 11.5. The highest BCUT2D eigenvalue weighted by molar-refractivity contribution is 5.81. The topological polar surface area (TPSA) is 65.5 Å². The van der Waals surface area contributed by atoms with Crippen molar-refractivity contribution in [2.24, 2.45) is 4.99 Å². The summed E-state index contributed by atoms with van der Waals surface area (Å²) in [5.41, 5.74) is 2.05. The molecule has 0 saturated carbocycles. The van der Waals surface area contributed by atoms with Crippen LogP contribution in [0.15, 0.2) is 23.2 Å². The Kier molecular flexibility index (Phi) is 8.08. The molecule has 1 aromatic rings. The van der Waals surface area contributed by atoms with Gasteiger partial charge in [-0.3, -0.25) is 9.79 Å². The van der Waals surface area contributed by atoms with E-state index in [0.29, 0.717) is 25.5 Å². The molecule has 0 saturated heterocycles. The summed E-state index contributed by atoms with van der Waals surface area (Å²) in [6, 6.07) is 4.97. The highest BCUT2D eigenvalue weighted by Crippen LogP contribution is 2.10. The molecule has 0 aliphatic carbocycles. The van der Waals surface area contributed by atoms with E-state index in [4.69, 9.17) is 0 Å². The smallest absolute Gasteiger partial charge is 0.221 e. The summed E-state index contributed by atoms with van der Waals surface area (Å²) in [4.78, 5) is 15.7. The predicted molar refractivity (Wildman–Crippen MR) is 92.1 cm³/mol. The molecule has 0 aliphatic rings. The Morgan fingerprint density at radius 1 is 1.26 bits per heavy atom. The van der Waals surface area contributed by atoms with Crippen LogP contribution in [0.5, 0.6) is 0 Å². The molecule has 0 atom stereocenters. The number of nitrogens with zero attached hydrogens (tertiary/aromatic N) is 1. The number of hydrogen-bond acceptors (Lipinski definition) is 2. The summed E-state index contributed by atoms with van der Waals surface area (Å²) >= 11 is 0. The third kappa shape index (κ3) is 7.63. The molecule has 1 amide bonds. The van der Waals surface area contributed by atoms with Crippen LogP contribution in [0, 0.1) is 12.7 Å². The van der Waals surface area contributed by atoms with E-state index in [1.165, 1.54) is 12.1 Å². The first-order chi connectivity index (χ1) is 10.9. The summed E-state index contributed by atoms with van der Waals surface area (Å²) in [7, 11) is 1.69. The average molecular weight is 322 g/mol. The molecule has 0 aromatic heterocycles. The standard InChI is InChI=1S/C17H27FN4O/c1-12(2)22-16(23)8-10-21-17(19-4)20-9-7-14-5-6-15(18)11-13(14)3/h5-6,11-12H,7-10H2,1-4H3,(H,22,23)(H2,19,20,21). The minimum absolute atomic E-state index is 0.0184. The first-order valence-corrected chi connectivity index (χ1v) is 7.91. The lowest BCUT2D eigenvalue weighted by molar-refractivity contribution is -0.121. The van der Waals surface area contributed by atoms with Crippen LogP contribution in [0.2, 0.25) is 0 Å². The zero-order valence-corrected chi connectivity index (χ0v) is 14.4. The molecule has 5 nitrogen and oxygen atoms in total. The molecular weight excluding hydrogens is 295 g/mol. The summed E-state index contributed by atoms with van der Waals surface area (Å²) in [6.45, 7) is 6.98. The number of halogens is 1. The van der Waals surface area contributed by atoms with Crippen molar-refractivity contribution in [1.29, 1.82) is 0 Å². The van der Waals surface area contributed by atoms with Crippen LogP contribution < -0.4 is 16.0 Å². The third-order valence-electron chi connectivity index (χ3n) is 3.31. The van der Waals surface area contributed by atoms with Gasteiger partial charge in [-0.1, -0.05) is 6.07 Å². The third-order valence-corrected chi connectivity index (χ3v) is 3.31. The maximum absolute atomic E-state index is 13.1. The summed E-state index contributed by atoms with van der Waals surface area (Å²) in [5, 5.41) is 9.13. The van der Waals surface area contributed by atoms with E-state index in [1.54, 1.807) is 13.1 Å². The van der Waals surface area contributed by atoms with Crippen molar-refractivity contribution >= 4 is 11.9 Å². The van der Waals surface area contributed by atoms with E-state index in [1.807, 2.05) is 20.8 Å². The van der Waals surface area contributed by atoms with E-state index in [0.717, 1.165) is 17.5 Å². The Balaban J connectivity index is 2.30. The Bertz CT molecular complexity index is 543. The Labute approximate surface area is 137 Å². The number of benzene rings is 1. The maximum atomic E-state index is 13.1. The van der Waals surface area contributed by atoms with Crippen LogP contribution in [0.3, 0.4) is 0 Å². The monoisotopic (exact) mass is 322 g/mol. The molecule has 0 fully saturated rings. The molecule has 6 heteroatoms. The highest BCUT2D eigenvalue weighted by atomic mass is 19.1. The summed E-state index contributed by atoms with van der Waals surface area (Å²) in [5.74, 6) is 0.461. The predicted octanol–water partition coefficient (Wildman–Crippen LogP) is 1.76. The fourth-order valence-corrected chi connectivity index (χ4v) is 2.16. The van der Waals surface area contributed by atoms with Crippen molar-refractivity contribution in [3.63, 3.8) is 0 Å². The molecule has 0 unspecified atom stereocenters. The van der Waals surface area contributed by atoms with Gasteiger partial charge in [0.05, 0.1) is 0 Å². The lowest BCUT2D eigenvalue weighted by Crippen LogP contribution is -2.40.